The maximum atomic E-state index is 13.6. The highest BCUT2D eigenvalue weighted by molar-refractivity contribution is 5.93. The van der Waals surface area contributed by atoms with Crippen LogP contribution in [0.15, 0.2) is 79.0 Å². The van der Waals surface area contributed by atoms with E-state index in [1.54, 1.807) is 50.7 Å². The van der Waals surface area contributed by atoms with Crippen molar-refractivity contribution in [2.24, 2.45) is 12.5 Å². The first-order valence-corrected chi connectivity index (χ1v) is 13.8. The lowest BCUT2D eigenvalue weighted by Gasteiger charge is -2.37. The zero-order valence-electron chi connectivity index (χ0n) is 24.4. The van der Waals surface area contributed by atoms with Crippen LogP contribution in [0.2, 0.25) is 0 Å². The van der Waals surface area contributed by atoms with Gasteiger partial charge in [-0.1, -0.05) is 81.4 Å². The van der Waals surface area contributed by atoms with Crippen molar-refractivity contribution >= 4 is 17.9 Å². The summed E-state index contributed by atoms with van der Waals surface area (Å²) in [6.45, 7) is 5.40. The van der Waals surface area contributed by atoms with E-state index < -0.39 is 41.6 Å². The Kier molecular flexibility index (Phi) is 10.7. The number of amides is 3. The van der Waals surface area contributed by atoms with Crippen molar-refractivity contribution in [2.45, 2.75) is 64.3 Å². The number of nitrogens with one attached hydrogen (secondary N) is 2. The van der Waals surface area contributed by atoms with E-state index in [1.165, 1.54) is 7.05 Å². The molecular formula is C32H42N4O5. The Labute approximate surface area is 242 Å². The smallest absolute Gasteiger partial charge is 0.407 e. The van der Waals surface area contributed by atoms with E-state index in [9.17, 15) is 24.6 Å². The van der Waals surface area contributed by atoms with Crippen LogP contribution in [0, 0.1) is 5.41 Å². The zero-order valence-corrected chi connectivity index (χ0v) is 24.4. The maximum Gasteiger partial charge on any atom is 0.407 e. The number of benzene rings is 2. The van der Waals surface area contributed by atoms with Gasteiger partial charge in [0.25, 0.3) is 5.91 Å². The molecule has 0 saturated carbocycles. The van der Waals surface area contributed by atoms with Gasteiger partial charge >= 0.3 is 6.09 Å². The first kappa shape index (κ1) is 31.4. The standard InChI is InChI=1S/C32H42N4O5/c1-32(2,3)28(36(5)31(40)41)30(39)34-25(20-23-15-10-7-11-16-23)27(37)21-24(19-22-13-8-6-9-14-22)33-29(38)26-17-12-18-35(26)4/h6-18,24-25,27-28,37H,19-21H2,1-5H3,(H,33,38)(H,34,39)(H,40,41)/t24-,25-,27-,28+/m0/s1. The molecular weight excluding hydrogens is 520 g/mol. The van der Waals surface area contributed by atoms with Gasteiger partial charge in [-0.15, -0.1) is 0 Å². The summed E-state index contributed by atoms with van der Waals surface area (Å²) in [5, 5.41) is 27.3. The van der Waals surface area contributed by atoms with Gasteiger partial charge in [-0.2, -0.15) is 0 Å². The Morgan fingerprint density at radius 1 is 0.878 bits per heavy atom. The van der Waals surface area contributed by atoms with Gasteiger partial charge in [0.2, 0.25) is 5.91 Å². The zero-order chi connectivity index (χ0) is 30.2. The molecule has 0 fully saturated rings. The van der Waals surface area contributed by atoms with E-state index in [-0.39, 0.29) is 12.3 Å². The number of likely N-dealkylation sites (N-methyl/N-ethyl adjacent to an activating group) is 1. The lowest BCUT2D eigenvalue weighted by molar-refractivity contribution is -0.130. The van der Waals surface area contributed by atoms with Crippen LogP contribution < -0.4 is 10.6 Å². The predicted molar refractivity (Wildman–Crippen MR) is 159 cm³/mol. The van der Waals surface area contributed by atoms with Crippen molar-refractivity contribution in [3.8, 4) is 0 Å². The molecule has 4 atom stereocenters. The molecule has 1 aromatic heterocycles. The number of carboxylic acid groups (broad SMARTS) is 1. The van der Waals surface area contributed by atoms with E-state index in [2.05, 4.69) is 10.6 Å². The lowest BCUT2D eigenvalue weighted by atomic mass is 9.84. The fourth-order valence-electron chi connectivity index (χ4n) is 5.18. The third-order valence-corrected chi connectivity index (χ3v) is 7.21. The van der Waals surface area contributed by atoms with Crippen molar-refractivity contribution in [3.63, 3.8) is 0 Å². The summed E-state index contributed by atoms with van der Waals surface area (Å²) in [5.74, 6) is -0.750. The lowest BCUT2D eigenvalue weighted by Crippen LogP contribution is -2.58. The van der Waals surface area contributed by atoms with E-state index in [0.29, 0.717) is 18.5 Å². The molecule has 9 heteroatoms. The molecule has 0 aliphatic heterocycles. The van der Waals surface area contributed by atoms with Gasteiger partial charge in [-0.05, 0) is 47.9 Å². The molecule has 0 bridgehead atoms. The third kappa shape index (κ3) is 8.94. The topological polar surface area (TPSA) is 124 Å². The molecule has 0 aliphatic rings. The number of aliphatic hydroxyl groups excluding tert-OH is 1. The summed E-state index contributed by atoms with van der Waals surface area (Å²) in [5.41, 5.74) is 1.70. The summed E-state index contributed by atoms with van der Waals surface area (Å²) in [4.78, 5) is 39.5. The van der Waals surface area contributed by atoms with Crippen LogP contribution >= 0.6 is 0 Å². The number of hydrogen-bond donors (Lipinski definition) is 4. The van der Waals surface area contributed by atoms with Crippen LogP contribution in [0.3, 0.4) is 0 Å². The van der Waals surface area contributed by atoms with Crippen LogP contribution in [0.4, 0.5) is 4.79 Å². The van der Waals surface area contributed by atoms with Crippen LogP contribution in [0.5, 0.6) is 0 Å². The van der Waals surface area contributed by atoms with Crippen LogP contribution in [0.25, 0.3) is 0 Å². The van der Waals surface area contributed by atoms with Crippen molar-refractivity contribution in [2.75, 3.05) is 7.05 Å². The largest absolute Gasteiger partial charge is 0.465 e. The van der Waals surface area contributed by atoms with Crippen molar-refractivity contribution in [3.05, 3.63) is 95.8 Å². The van der Waals surface area contributed by atoms with Crippen molar-refractivity contribution in [1.29, 1.82) is 0 Å². The molecule has 3 aromatic rings. The highest BCUT2D eigenvalue weighted by Gasteiger charge is 2.39. The maximum absolute atomic E-state index is 13.6. The van der Waals surface area contributed by atoms with Gasteiger partial charge in [-0.25, -0.2) is 4.79 Å². The highest BCUT2D eigenvalue weighted by Crippen LogP contribution is 2.25. The number of rotatable bonds is 12. The fraction of sp³-hybridized carbons (Fsp3) is 0.406. The minimum absolute atomic E-state index is 0.164. The van der Waals surface area contributed by atoms with Gasteiger partial charge in [0.15, 0.2) is 0 Å². The molecule has 9 nitrogen and oxygen atoms in total. The second-order valence-electron chi connectivity index (χ2n) is 11.6. The Morgan fingerprint density at radius 2 is 1.44 bits per heavy atom. The summed E-state index contributed by atoms with van der Waals surface area (Å²) in [6.07, 6.45) is 0.500. The quantitative estimate of drug-likeness (QED) is 0.267. The molecule has 0 spiro atoms. The van der Waals surface area contributed by atoms with Crippen LogP contribution in [-0.2, 0) is 24.7 Å². The monoisotopic (exact) mass is 562 g/mol. The van der Waals surface area contributed by atoms with E-state index in [1.807, 2.05) is 60.7 Å². The molecule has 1 heterocycles. The third-order valence-electron chi connectivity index (χ3n) is 7.21. The van der Waals surface area contributed by atoms with Gasteiger partial charge < -0.3 is 25.4 Å². The van der Waals surface area contributed by atoms with Crippen molar-refractivity contribution in [1.82, 2.24) is 20.1 Å². The number of hydrogen-bond acceptors (Lipinski definition) is 4. The molecule has 3 amide bonds. The predicted octanol–water partition coefficient (Wildman–Crippen LogP) is 3.87. The van der Waals surface area contributed by atoms with E-state index in [0.717, 1.165) is 16.0 Å². The molecule has 3 rings (SSSR count). The number of aryl methyl sites for hydroxylation is 1. The van der Waals surface area contributed by atoms with Crippen molar-refractivity contribution < 1.29 is 24.6 Å². The summed E-state index contributed by atoms with van der Waals surface area (Å²) in [6, 6.07) is 20.5. The number of carbonyl (C=O) groups excluding carboxylic acids is 2. The van der Waals surface area contributed by atoms with E-state index in [4.69, 9.17) is 0 Å². The average molecular weight is 563 g/mol. The molecule has 220 valence electrons. The highest BCUT2D eigenvalue weighted by atomic mass is 16.4. The molecule has 0 saturated heterocycles. The Balaban J connectivity index is 1.88. The molecule has 0 radical (unpaired) electrons. The van der Waals surface area contributed by atoms with Gasteiger partial charge in [-0.3, -0.25) is 14.5 Å². The Morgan fingerprint density at radius 3 is 1.93 bits per heavy atom. The Bertz CT molecular complexity index is 1290. The number of nitrogens with zero attached hydrogens (tertiary/aromatic N) is 2. The number of aliphatic hydroxyl groups is 1. The second kappa shape index (κ2) is 14.0. The normalized spacial score (nSPS) is 14.4. The molecule has 41 heavy (non-hydrogen) atoms. The fourth-order valence-corrected chi connectivity index (χ4v) is 5.18. The first-order chi connectivity index (χ1) is 19.4. The summed E-state index contributed by atoms with van der Waals surface area (Å²) in [7, 11) is 3.16. The van der Waals surface area contributed by atoms with E-state index >= 15 is 0 Å². The van der Waals surface area contributed by atoms with Gasteiger partial charge in [0, 0.05) is 26.3 Å². The molecule has 4 N–H and O–H groups in total. The molecule has 0 aliphatic carbocycles. The molecule has 0 unspecified atom stereocenters. The first-order valence-electron chi connectivity index (χ1n) is 13.8. The summed E-state index contributed by atoms with van der Waals surface area (Å²) >= 11 is 0. The van der Waals surface area contributed by atoms with Crippen LogP contribution in [-0.4, -0.2) is 68.9 Å². The Hall–Kier alpha value is -4.11. The van der Waals surface area contributed by atoms with Gasteiger partial charge in [0.1, 0.15) is 11.7 Å². The van der Waals surface area contributed by atoms with Crippen LogP contribution in [0.1, 0.15) is 48.8 Å². The average Bonchev–Trinajstić information content (AvgIpc) is 3.34. The SMILES string of the molecule is CN(C(=O)O)[C@H](C(=O)N[C@@H](Cc1ccccc1)[C@@H](O)C[C@H](Cc1ccccc1)NC(=O)c1cccn1C)C(C)(C)C. The molecule has 2 aromatic carbocycles. The summed E-state index contributed by atoms with van der Waals surface area (Å²) < 4.78 is 1.73. The minimum Gasteiger partial charge on any atom is -0.465 e. The second-order valence-corrected chi connectivity index (χ2v) is 11.6. The number of aromatic nitrogens is 1. The van der Waals surface area contributed by atoms with Gasteiger partial charge in [0.05, 0.1) is 12.1 Å². The number of carbonyl (C=O) groups is 3. The minimum atomic E-state index is -1.22.